The Kier molecular flexibility index (Phi) is 1.67. The maximum absolute atomic E-state index is 10.7. The zero-order valence-electron chi connectivity index (χ0n) is 5.05. The van der Waals surface area contributed by atoms with Gasteiger partial charge >= 0.3 is 0 Å². The molecular formula is C5H6N2O2S. The first-order chi connectivity index (χ1) is 4.61. The summed E-state index contributed by atoms with van der Waals surface area (Å²) in [6.45, 7) is 0. The molecule has 0 atom stereocenters. The molecule has 2 amide bonds. The van der Waals surface area contributed by atoms with Crippen LogP contribution in [-0.4, -0.2) is 11.8 Å². The van der Waals surface area contributed by atoms with E-state index in [1.165, 1.54) is 0 Å². The first kappa shape index (κ1) is 7.14. The Morgan fingerprint density at radius 1 is 1.50 bits per heavy atom. The highest BCUT2D eigenvalue weighted by Gasteiger charge is 2.20. The van der Waals surface area contributed by atoms with E-state index in [9.17, 15) is 9.59 Å². The Balaban J connectivity index is 2.95. The summed E-state index contributed by atoms with van der Waals surface area (Å²) in [6.07, 6.45) is 0.0979. The molecule has 0 aromatic rings. The number of hydrogen-bond acceptors (Lipinski definition) is 4. The number of imide groups is 1. The van der Waals surface area contributed by atoms with Crippen molar-refractivity contribution in [1.29, 1.82) is 0 Å². The minimum absolute atomic E-state index is 0.0305. The van der Waals surface area contributed by atoms with Crippen LogP contribution >= 0.6 is 12.6 Å². The second kappa shape index (κ2) is 2.34. The van der Waals surface area contributed by atoms with Gasteiger partial charge in [0.05, 0.1) is 6.42 Å². The van der Waals surface area contributed by atoms with Crippen molar-refractivity contribution in [3.8, 4) is 0 Å². The quantitative estimate of drug-likeness (QED) is 0.317. The van der Waals surface area contributed by atoms with E-state index in [1.807, 2.05) is 5.32 Å². The highest BCUT2D eigenvalue weighted by Crippen LogP contribution is 2.13. The molecule has 0 aromatic carbocycles. The van der Waals surface area contributed by atoms with Crippen LogP contribution in [0.15, 0.2) is 10.6 Å². The number of hydrogen-bond donors (Lipinski definition) is 3. The smallest absolute Gasteiger partial charge is 0.274 e. The molecule has 1 aliphatic heterocycles. The molecule has 0 fully saturated rings. The molecule has 0 aliphatic carbocycles. The summed E-state index contributed by atoms with van der Waals surface area (Å²) in [4.78, 5) is 21.6. The molecule has 0 unspecified atom stereocenters. The van der Waals surface area contributed by atoms with Crippen molar-refractivity contribution in [2.75, 3.05) is 0 Å². The molecule has 1 rings (SSSR count). The average Bonchev–Trinajstić information content (AvgIpc) is 1.82. The zero-order valence-corrected chi connectivity index (χ0v) is 5.94. The summed E-state index contributed by atoms with van der Waals surface area (Å²) in [5, 5.41) is 2.05. The van der Waals surface area contributed by atoms with Gasteiger partial charge in [0, 0.05) is 4.91 Å². The van der Waals surface area contributed by atoms with Crippen LogP contribution in [-0.2, 0) is 9.59 Å². The molecule has 0 saturated heterocycles. The van der Waals surface area contributed by atoms with Crippen molar-refractivity contribution in [3.63, 3.8) is 0 Å². The van der Waals surface area contributed by atoms with Crippen LogP contribution in [0.25, 0.3) is 0 Å². The Labute approximate surface area is 62.9 Å². The van der Waals surface area contributed by atoms with E-state index >= 15 is 0 Å². The second-order valence-corrected chi connectivity index (χ2v) is 2.45. The van der Waals surface area contributed by atoms with Gasteiger partial charge in [-0.15, -0.1) is 12.6 Å². The maximum atomic E-state index is 10.7. The molecule has 1 heterocycles. The monoisotopic (exact) mass is 158 g/mol. The molecule has 54 valence electrons. The lowest BCUT2D eigenvalue weighted by Crippen LogP contribution is -2.38. The maximum Gasteiger partial charge on any atom is 0.274 e. The van der Waals surface area contributed by atoms with Gasteiger partial charge in [-0.3, -0.25) is 14.9 Å². The number of carbonyl (C=O) groups excluding carboxylic acids is 2. The summed E-state index contributed by atoms with van der Waals surface area (Å²) in [6, 6.07) is 0. The fourth-order valence-electron chi connectivity index (χ4n) is 0.617. The second-order valence-electron chi connectivity index (χ2n) is 1.91. The summed E-state index contributed by atoms with van der Waals surface area (Å²) in [5.74, 6) is -0.912. The fraction of sp³-hybridized carbons (Fsp3) is 0.200. The fourth-order valence-corrected chi connectivity index (χ4v) is 0.862. The van der Waals surface area contributed by atoms with E-state index in [2.05, 4.69) is 12.6 Å². The molecular weight excluding hydrogens is 152 g/mol. The van der Waals surface area contributed by atoms with E-state index < -0.39 is 5.91 Å². The lowest BCUT2D eigenvalue weighted by atomic mass is 10.2. The molecule has 4 nitrogen and oxygen atoms in total. The van der Waals surface area contributed by atoms with Gasteiger partial charge in [0.25, 0.3) is 5.91 Å². The van der Waals surface area contributed by atoms with Crippen LogP contribution in [0.1, 0.15) is 6.42 Å². The highest BCUT2D eigenvalue weighted by atomic mass is 32.1. The number of thiol groups is 1. The van der Waals surface area contributed by atoms with Gasteiger partial charge in [0.1, 0.15) is 5.70 Å². The molecule has 0 spiro atoms. The van der Waals surface area contributed by atoms with E-state index in [1.54, 1.807) is 0 Å². The van der Waals surface area contributed by atoms with E-state index in [0.29, 0.717) is 4.91 Å². The predicted molar refractivity (Wildman–Crippen MR) is 38.0 cm³/mol. The Morgan fingerprint density at radius 3 is 2.60 bits per heavy atom. The minimum atomic E-state index is -0.554. The standard InChI is InChI=1S/C5H6N2O2S/c6-4-2(10)1-3(8)7-5(4)9/h10H,1,6H2,(H,7,8,9). The SMILES string of the molecule is NC1=C(S)CC(=O)NC1=O. The first-order valence-corrected chi connectivity index (χ1v) is 3.07. The third-order valence-corrected chi connectivity index (χ3v) is 1.54. The van der Waals surface area contributed by atoms with Gasteiger partial charge in [0.15, 0.2) is 0 Å². The number of rotatable bonds is 0. The van der Waals surface area contributed by atoms with Crippen molar-refractivity contribution >= 4 is 24.4 Å². The van der Waals surface area contributed by atoms with Gasteiger partial charge in [0.2, 0.25) is 5.91 Å². The molecule has 3 N–H and O–H groups in total. The lowest BCUT2D eigenvalue weighted by molar-refractivity contribution is -0.128. The Hall–Kier alpha value is -0.970. The van der Waals surface area contributed by atoms with Crippen LogP contribution in [0.5, 0.6) is 0 Å². The molecule has 10 heavy (non-hydrogen) atoms. The van der Waals surface area contributed by atoms with Gasteiger partial charge in [-0.1, -0.05) is 0 Å². The molecule has 5 heteroatoms. The first-order valence-electron chi connectivity index (χ1n) is 2.63. The van der Waals surface area contributed by atoms with E-state index in [0.717, 1.165) is 0 Å². The van der Waals surface area contributed by atoms with Crippen molar-refractivity contribution in [3.05, 3.63) is 10.6 Å². The van der Waals surface area contributed by atoms with Crippen LogP contribution < -0.4 is 11.1 Å². The average molecular weight is 158 g/mol. The number of carbonyl (C=O) groups is 2. The molecule has 0 saturated carbocycles. The minimum Gasteiger partial charge on any atom is -0.394 e. The summed E-state index contributed by atoms with van der Waals surface area (Å²) < 4.78 is 0. The van der Waals surface area contributed by atoms with Gasteiger partial charge in [-0.25, -0.2) is 0 Å². The van der Waals surface area contributed by atoms with E-state index in [-0.39, 0.29) is 18.0 Å². The third-order valence-electron chi connectivity index (χ3n) is 1.14. The highest BCUT2D eigenvalue weighted by molar-refractivity contribution is 7.84. The summed E-state index contributed by atoms with van der Waals surface area (Å²) >= 11 is 3.85. The molecule has 0 radical (unpaired) electrons. The molecule has 0 bridgehead atoms. The van der Waals surface area contributed by atoms with Crippen LogP contribution in [0.4, 0.5) is 0 Å². The summed E-state index contributed by atoms with van der Waals surface area (Å²) in [7, 11) is 0. The van der Waals surface area contributed by atoms with Crippen molar-refractivity contribution in [2.45, 2.75) is 6.42 Å². The summed E-state index contributed by atoms with van der Waals surface area (Å²) in [5.41, 5.74) is 5.25. The van der Waals surface area contributed by atoms with Crippen LogP contribution in [0, 0.1) is 0 Å². The molecule has 1 aliphatic rings. The number of nitrogens with two attached hydrogens (primary N) is 1. The zero-order chi connectivity index (χ0) is 7.72. The Morgan fingerprint density at radius 2 is 2.10 bits per heavy atom. The van der Waals surface area contributed by atoms with Gasteiger partial charge < -0.3 is 5.73 Å². The van der Waals surface area contributed by atoms with Crippen molar-refractivity contribution in [1.82, 2.24) is 5.32 Å². The van der Waals surface area contributed by atoms with Crippen molar-refractivity contribution < 1.29 is 9.59 Å². The van der Waals surface area contributed by atoms with Crippen LogP contribution in [0.2, 0.25) is 0 Å². The normalized spacial score (nSPS) is 19.3. The Bertz CT molecular complexity index is 234. The van der Waals surface area contributed by atoms with Gasteiger partial charge in [-0.05, 0) is 0 Å². The topological polar surface area (TPSA) is 72.2 Å². The molecule has 0 aromatic heterocycles. The van der Waals surface area contributed by atoms with Crippen LogP contribution in [0.3, 0.4) is 0 Å². The largest absolute Gasteiger partial charge is 0.394 e. The predicted octanol–water partition coefficient (Wildman–Crippen LogP) is -0.867. The van der Waals surface area contributed by atoms with E-state index in [4.69, 9.17) is 5.73 Å². The lowest BCUT2D eigenvalue weighted by Gasteiger charge is -2.11. The third kappa shape index (κ3) is 1.13. The van der Waals surface area contributed by atoms with Gasteiger partial charge in [-0.2, -0.15) is 0 Å². The number of nitrogens with one attached hydrogen (secondary N) is 1. The number of amides is 2. The van der Waals surface area contributed by atoms with Crippen molar-refractivity contribution in [2.24, 2.45) is 5.73 Å².